The van der Waals surface area contributed by atoms with Crippen molar-refractivity contribution in [1.29, 1.82) is 0 Å². The summed E-state index contributed by atoms with van der Waals surface area (Å²) in [7, 11) is -4.43. The molecule has 0 fully saturated rings. The number of alkyl halides is 3. The van der Waals surface area contributed by atoms with Gasteiger partial charge in [-0.05, 0) is 36.8 Å². The maximum absolute atomic E-state index is 13.5. The van der Waals surface area contributed by atoms with Crippen molar-refractivity contribution < 1.29 is 40.6 Å². The van der Waals surface area contributed by atoms with Crippen molar-refractivity contribution in [1.82, 2.24) is 0 Å². The van der Waals surface area contributed by atoms with Crippen LogP contribution in [-0.4, -0.2) is 32.3 Å². The summed E-state index contributed by atoms with van der Waals surface area (Å²) in [5.41, 5.74) is -0.685. The van der Waals surface area contributed by atoms with Crippen LogP contribution in [0.4, 0.5) is 23.2 Å². The molecule has 27 heavy (non-hydrogen) atoms. The van der Waals surface area contributed by atoms with Gasteiger partial charge in [-0.1, -0.05) is 6.07 Å². The molecule has 0 aliphatic heterocycles. The van der Waals surface area contributed by atoms with E-state index in [1.165, 1.54) is 19.1 Å². The third kappa shape index (κ3) is 5.33. The van der Waals surface area contributed by atoms with Gasteiger partial charge in [0.25, 0.3) is 10.0 Å². The zero-order valence-corrected chi connectivity index (χ0v) is 14.5. The van der Waals surface area contributed by atoms with Crippen molar-refractivity contribution in [3.05, 3.63) is 53.3 Å². The largest absolute Gasteiger partial charge is 0.482 e. The van der Waals surface area contributed by atoms with Crippen LogP contribution in [0.15, 0.2) is 41.3 Å². The van der Waals surface area contributed by atoms with Gasteiger partial charge in [0.15, 0.2) is 6.61 Å². The Morgan fingerprint density at radius 3 is 2.44 bits per heavy atom. The minimum absolute atomic E-state index is 0.182. The molecule has 0 radical (unpaired) electrons. The fourth-order valence-electron chi connectivity index (χ4n) is 2.09. The monoisotopic (exact) mass is 407 g/mol. The molecule has 0 unspecified atom stereocenters. The summed E-state index contributed by atoms with van der Waals surface area (Å²) < 4.78 is 82.0. The molecular weight excluding hydrogens is 394 g/mol. The molecule has 11 heteroatoms. The second-order valence-corrected chi connectivity index (χ2v) is 7.09. The average molecular weight is 407 g/mol. The number of sulfonamides is 1. The number of nitrogens with one attached hydrogen (secondary N) is 1. The van der Waals surface area contributed by atoms with Gasteiger partial charge in [-0.2, -0.15) is 13.2 Å². The van der Waals surface area contributed by atoms with Crippen LogP contribution in [0.1, 0.15) is 15.9 Å². The first-order chi connectivity index (χ1) is 12.4. The van der Waals surface area contributed by atoms with Crippen molar-refractivity contribution in [2.24, 2.45) is 0 Å². The number of hydrogen-bond acceptors (Lipinski definition) is 4. The molecule has 0 spiro atoms. The lowest BCUT2D eigenvalue weighted by Gasteiger charge is -2.16. The first-order valence-corrected chi connectivity index (χ1v) is 8.73. The minimum Gasteiger partial charge on any atom is -0.482 e. The number of ether oxygens (including phenoxy) is 1. The molecule has 6 nitrogen and oxygen atoms in total. The molecule has 146 valence electrons. The fraction of sp³-hybridized carbons (Fsp3) is 0.188. The van der Waals surface area contributed by atoms with Gasteiger partial charge in [-0.3, -0.25) is 4.72 Å². The highest BCUT2D eigenvalue weighted by atomic mass is 32.2. The van der Waals surface area contributed by atoms with Gasteiger partial charge in [0.1, 0.15) is 11.6 Å². The maximum Gasteiger partial charge on any atom is 0.422 e. The normalized spacial score (nSPS) is 11.9. The number of benzene rings is 2. The molecule has 0 heterocycles. The number of anilines is 1. The molecule has 2 rings (SSSR count). The number of hydrogen-bond donors (Lipinski definition) is 2. The number of carboxylic acid groups (broad SMARTS) is 1. The molecule has 2 N–H and O–H groups in total. The van der Waals surface area contributed by atoms with E-state index in [2.05, 4.69) is 4.74 Å². The Labute approximate surface area is 151 Å². The van der Waals surface area contributed by atoms with Gasteiger partial charge in [-0.15, -0.1) is 0 Å². The molecule has 0 aromatic heterocycles. The molecular formula is C16H13F4NO5S. The second-order valence-electron chi connectivity index (χ2n) is 5.44. The van der Waals surface area contributed by atoms with Crippen molar-refractivity contribution in [2.75, 3.05) is 11.3 Å². The highest BCUT2D eigenvalue weighted by molar-refractivity contribution is 7.92. The van der Waals surface area contributed by atoms with Gasteiger partial charge in [-0.25, -0.2) is 17.6 Å². The van der Waals surface area contributed by atoms with Gasteiger partial charge < -0.3 is 9.84 Å². The second kappa shape index (κ2) is 7.43. The molecule has 2 aromatic rings. The Hall–Kier alpha value is -2.82. The summed E-state index contributed by atoms with van der Waals surface area (Å²) in [6.45, 7) is -0.312. The standard InChI is InChI=1S/C16H13F4NO5S/c1-9-2-3-10(15(22)23)6-14(9)27(24,25)21-12-7-11(17)4-5-13(12)26-8-16(18,19)20/h2-7,21H,8H2,1H3,(H,22,23). The van der Waals surface area contributed by atoms with Crippen LogP contribution in [0.5, 0.6) is 5.75 Å². The zero-order chi connectivity index (χ0) is 20.4. The summed E-state index contributed by atoms with van der Waals surface area (Å²) in [5, 5.41) is 8.99. The molecule has 0 saturated heterocycles. The topological polar surface area (TPSA) is 92.7 Å². The fourth-order valence-corrected chi connectivity index (χ4v) is 3.42. The molecule has 0 bridgehead atoms. The summed E-state index contributed by atoms with van der Waals surface area (Å²) in [4.78, 5) is 10.6. The summed E-state index contributed by atoms with van der Waals surface area (Å²) in [6, 6.07) is 5.63. The van der Waals surface area contributed by atoms with Crippen molar-refractivity contribution >= 4 is 21.7 Å². The van der Waals surface area contributed by atoms with Crippen LogP contribution in [-0.2, 0) is 10.0 Å². The number of rotatable bonds is 6. The van der Waals surface area contributed by atoms with E-state index in [9.17, 15) is 30.8 Å². The van der Waals surface area contributed by atoms with Crippen molar-refractivity contribution in [3.63, 3.8) is 0 Å². The van der Waals surface area contributed by atoms with Crippen LogP contribution in [0.25, 0.3) is 0 Å². The predicted octanol–water partition coefficient (Wildman–Crippen LogP) is 3.57. The number of carboxylic acids is 1. The quantitative estimate of drug-likeness (QED) is 0.715. The highest BCUT2D eigenvalue weighted by Crippen LogP contribution is 2.30. The molecule has 0 aliphatic rings. The lowest BCUT2D eigenvalue weighted by atomic mass is 10.1. The molecule has 0 aliphatic carbocycles. The van der Waals surface area contributed by atoms with E-state index in [4.69, 9.17) is 5.11 Å². The number of carbonyl (C=O) groups is 1. The predicted molar refractivity (Wildman–Crippen MR) is 86.9 cm³/mol. The average Bonchev–Trinajstić information content (AvgIpc) is 2.52. The molecule has 0 saturated carbocycles. The van der Waals surface area contributed by atoms with Crippen LogP contribution in [0.2, 0.25) is 0 Å². The Bertz CT molecular complexity index is 973. The highest BCUT2D eigenvalue weighted by Gasteiger charge is 2.29. The van der Waals surface area contributed by atoms with E-state index in [1.54, 1.807) is 0 Å². The van der Waals surface area contributed by atoms with Gasteiger partial charge in [0.05, 0.1) is 16.1 Å². The summed E-state index contributed by atoms with van der Waals surface area (Å²) >= 11 is 0. The van der Waals surface area contributed by atoms with E-state index in [0.717, 1.165) is 18.2 Å². The first kappa shape index (κ1) is 20.5. The lowest BCUT2D eigenvalue weighted by Crippen LogP contribution is -2.21. The van der Waals surface area contributed by atoms with Crippen LogP contribution in [0.3, 0.4) is 0 Å². The van der Waals surface area contributed by atoms with Gasteiger partial charge in [0, 0.05) is 6.07 Å². The van der Waals surface area contributed by atoms with Crippen LogP contribution < -0.4 is 9.46 Å². The van der Waals surface area contributed by atoms with E-state index in [1.807, 2.05) is 4.72 Å². The minimum atomic E-state index is -4.68. The summed E-state index contributed by atoms with van der Waals surface area (Å²) in [6.07, 6.45) is -4.68. The number of aryl methyl sites for hydroxylation is 1. The third-order valence-corrected chi connectivity index (χ3v) is 4.81. The van der Waals surface area contributed by atoms with Crippen LogP contribution >= 0.6 is 0 Å². The smallest absolute Gasteiger partial charge is 0.422 e. The van der Waals surface area contributed by atoms with E-state index >= 15 is 0 Å². The van der Waals surface area contributed by atoms with E-state index in [-0.39, 0.29) is 11.1 Å². The Kier molecular flexibility index (Phi) is 5.64. The Morgan fingerprint density at radius 1 is 1.19 bits per heavy atom. The van der Waals surface area contributed by atoms with Gasteiger partial charge in [0.2, 0.25) is 0 Å². The Morgan fingerprint density at radius 2 is 1.85 bits per heavy atom. The van der Waals surface area contributed by atoms with Gasteiger partial charge >= 0.3 is 12.1 Å². The third-order valence-electron chi connectivity index (χ3n) is 3.30. The van der Waals surface area contributed by atoms with E-state index < -0.39 is 50.9 Å². The number of halogens is 4. The van der Waals surface area contributed by atoms with Crippen LogP contribution in [0, 0.1) is 12.7 Å². The first-order valence-electron chi connectivity index (χ1n) is 7.25. The molecule has 0 amide bonds. The SMILES string of the molecule is Cc1ccc(C(=O)O)cc1S(=O)(=O)Nc1cc(F)ccc1OCC(F)(F)F. The number of aromatic carboxylic acids is 1. The maximum atomic E-state index is 13.5. The molecule has 2 aromatic carbocycles. The molecule has 0 atom stereocenters. The van der Waals surface area contributed by atoms with Crippen molar-refractivity contribution in [2.45, 2.75) is 18.0 Å². The van der Waals surface area contributed by atoms with E-state index in [0.29, 0.717) is 6.07 Å². The Balaban J connectivity index is 2.42. The zero-order valence-electron chi connectivity index (χ0n) is 13.7. The van der Waals surface area contributed by atoms with Crippen molar-refractivity contribution in [3.8, 4) is 5.75 Å². The summed E-state index contributed by atoms with van der Waals surface area (Å²) in [5.74, 6) is -2.82. The lowest BCUT2D eigenvalue weighted by molar-refractivity contribution is -0.153.